The fourth-order valence-electron chi connectivity index (χ4n) is 0.938. The van der Waals surface area contributed by atoms with Crippen molar-refractivity contribution in [1.82, 2.24) is 0 Å². The molecule has 0 heterocycles. The van der Waals surface area contributed by atoms with Gasteiger partial charge >= 0.3 is 0 Å². The zero-order valence-corrected chi connectivity index (χ0v) is 8.20. The molecule has 0 aliphatic rings. The van der Waals surface area contributed by atoms with E-state index in [0.717, 1.165) is 6.92 Å². The fraction of sp³-hybridized carbons (Fsp3) is 0.750. The van der Waals surface area contributed by atoms with Crippen LogP contribution in [-0.2, 0) is 9.59 Å². The molecule has 0 aromatic carbocycles. The van der Waals surface area contributed by atoms with Crippen molar-refractivity contribution in [2.75, 3.05) is 6.61 Å². The molecule has 0 radical (unpaired) electrons. The lowest BCUT2D eigenvalue weighted by Crippen LogP contribution is -2.54. The number of hydrogen-bond acceptors (Lipinski definition) is 7. The molecule has 0 aromatic rings. The molecular weight excluding hydrogens is 206 g/mol. The second-order valence-electron chi connectivity index (χ2n) is 3.18. The molecule has 6 N–H and O–H groups in total. The summed E-state index contributed by atoms with van der Waals surface area (Å²) < 4.78 is 0. The van der Waals surface area contributed by atoms with Gasteiger partial charge in [-0.2, -0.15) is 0 Å². The van der Waals surface area contributed by atoms with Crippen molar-refractivity contribution in [2.24, 2.45) is 5.73 Å². The molecule has 7 heteroatoms. The number of hydrogen-bond donors (Lipinski definition) is 5. The van der Waals surface area contributed by atoms with Crippen molar-refractivity contribution in [2.45, 2.75) is 31.3 Å². The van der Waals surface area contributed by atoms with Gasteiger partial charge in [-0.25, -0.2) is 0 Å². The Bertz CT molecular complexity index is 243. The summed E-state index contributed by atoms with van der Waals surface area (Å²) in [5, 5.41) is 35.9. The Kier molecular flexibility index (Phi) is 5.55. The molecule has 0 rings (SSSR count). The van der Waals surface area contributed by atoms with E-state index in [4.69, 9.17) is 15.9 Å². The summed E-state index contributed by atoms with van der Waals surface area (Å²) in [6.45, 7) is 0.184. The molecule has 0 bridgehead atoms. The van der Waals surface area contributed by atoms with Crippen LogP contribution in [0.4, 0.5) is 0 Å². The predicted molar refractivity (Wildman–Crippen MR) is 48.8 cm³/mol. The average Bonchev–Trinajstić information content (AvgIpc) is 2.23. The quantitative estimate of drug-likeness (QED) is 0.293. The summed E-state index contributed by atoms with van der Waals surface area (Å²) in [5.74, 6) is -1.90. The first-order valence-corrected chi connectivity index (χ1v) is 4.28. The van der Waals surface area contributed by atoms with Crippen molar-refractivity contribution in [3.63, 3.8) is 0 Å². The number of aliphatic hydroxyl groups is 4. The van der Waals surface area contributed by atoms with E-state index in [1.165, 1.54) is 0 Å². The van der Waals surface area contributed by atoms with Crippen LogP contribution in [0.5, 0.6) is 0 Å². The van der Waals surface area contributed by atoms with Gasteiger partial charge in [0.05, 0.1) is 6.61 Å². The summed E-state index contributed by atoms with van der Waals surface area (Å²) in [5.41, 5.74) is 5.18. The molecule has 88 valence electrons. The maximum atomic E-state index is 11.0. The van der Waals surface area contributed by atoms with Gasteiger partial charge in [-0.15, -0.1) is 0 Å². The van der Waals surface area contributed by atoms with E-state index in [0.29, 0.717) is 0 Å². The number of aliphatic hydroxyl groups excluding tert-OH is 4. The Labute approximate surface area is 86.1 Å². The third-order valence-corrected chi connectivity index (χ3v) is 1.95. The van der Waals surface area contributed by atoms with Crippen molar-refractivity contribution >= 4 is 11.6 Å². The number of rotatable bonds is 6. The maximum absolute atomic E-state index is 11.0. The van der Waals surface area contributed by atoms with Crippen molar-refractivity contribution in [3.05, 3.63) is 0 Å². The Hall–Kier alpha value is -0.860. The van der Waals surface area contributed by atoms with Crippen LogP contribution in [0, 0.1) is 0 Å². The van der Waals surface area contributed by atoms with E-state index in [2.05, 4.69) is 0 Å². The number of carbonyl (C=O) groups excluding carboxylic acids is 2. The zero-order valence-electron chi connectivity index (χ0n) is 8.20. The molecule has 0 amide bonds. The molecule has 4 unspecified atom stereocenters. The van der Waals surface area contributed by atoms with Gasteiger partial charge in [0.25, 0.3) is 0 Å². The second kappa shape index (κ2) is 5.89. The van der Waals surface area contributed by atoms with Crippen LogP contribution in [0.2, 0.25) is 0 Å². The molecule has 4 atom stereocenters. The van der Waals surface area contributed by atoms with Crippen LogP contribution in [0.3, 0.4) is 0 Å². The minimum atomic E-state index is -1.80. The first-order chi connectivity index (χ1) is 6.82. The van der Waals surface area contributed by atoms with E-state index < -0.39 is 42.5 Å². The maximum Gasteiger partial charge on any atom is 0.217 e. The van der Waals surface area contributed by atoms with E-state index in [1.807, 2.05) is 0 Å². The van der Waals surface area contributed by atoms with Crippen LogP contribution in [0.25, 0.3) is 0 Å². The average molecular weight is 221 g/mol. The van der Waals surface area contributed by atoms with Crippen LogP contribution >= 0.6 is 0 Å². The van der Waals surface area contributed by atoms with Crippen LogP contribution in [0.1, 0.15) is 6.92 Å². The molecular formula is C8H15NO6. The summed E-state index contributed by atoms with van der Waals surface area (Å²) >= 11 is 0. The van der Waals surface area contributed by atoms with Crippen LogP contribution < -0.4 is 5.73 Å². The molecule has 7 nitrogen and oxygen atoms in total. The third-order valence-electron chi connectivity index (χ3n) is 1.95. The number of ketones is 2. The molecule has 0 saturated carbocycles. The highest BCUT2D eigenvalue weighted by molar-refractivity contribution is 6.38. The highest BCUT2D eigenvalue weighted by atomic mass is 16.4. The van der Waals surface area contributed by atoms with Gasteiger partial charge in [0.1, 0.15) is 24.4 Å². The highest BCUT2D eigenvalue weighted by Gasteiger charge is 2.34. The summed E-state index contributed by atoms with van der Waals surface area (Å²) in [7, 11) is 0. The predicted octanol–water partition coefficient (Wildman–Crippen LogP) is -3.45. The SMILES string of the molecule is CC(=O)C(=O)C(N)C(O)C(O)C(O)CO. The Morgan fingerprint density at radius 2 is 1.67 bits per heavy atom. The minimum Gasteiger partial charge on any atom is -0.394 e. The molecule has 15 heavy (non-hydrogen) atoms. The van der Waals surface area contributed by atoms with Gasteiger partial charge in [-0.05, 0) is 0 Å². The summed E-state index contributed by atoms with van der Waals surface area (Å²) in [6.07, 6.45) is -5.21. The molecule has 0 aliphatic carbocycles. The molecule has 0 aliphatic heterocycles. The third kappa shape index (κ3) is 3.65. The summed E-state index contributed by atoms with van der Waals surface area (Å²) in [4.78, 5) is 21.6. The lowest BCUT2D eigenvalue weighted by Gasteiger charge is -2.24. The second-order valence-corrected chi connectivity index (χ2v) is 3.18. The van der Waals surface area contributed by atoms with Gasteiger partial charge in [0.15, 0.2) is 5.78 Å². The van der Waals surface area contributed by atoms with Crippen LogP contribution in [0.15, 0.2) is 0 Å². The van der Waals surface area contributed by atoms with E-state index in [-0.39, 0.29) is 0 Å². The first kappa shape index (κ1) is 14.1. The lowest BCUT2D eigenvalue weighted by atomic mass is 9.97. The molecule has 0 spiro atoms. The van der Waals surface area contributed by atoms with Gasteiger partial charge < -0.3 is 26.2 Å². The molecule has 0 fully saturated rings. The number of carbonyl (C=O) groups is 2. The van der Waals surface area contributed by atoms with Gasteiger partial charge in [0.2, 0.25) is 5.78 Å². The van der Waals surface area contributed by atoms with Gasteiger partial charge in [0, 0.05) is 6.92 Å². The summed E-state index contributed by atoms with van der Waals surface area (Å²) in [6, 6.07) is -1.61. The zero-order chi connectivity index (χ0) is 12.2. The lowest BCUT2D eigenvalue weighted by molar-refractivity contribution is -0.141. The normalized spacial score (nSPS) is 19.1. The monoisotopic (exact) mass is 221 g/mol. The smallest absolute Gasteiger partial charge is 0.217 e. The largest absolute Gasteiger partial charge is 0.394 e. The molecule has 0 saturated heterocycles. The minimum absolute atomic E-state index is 0.792. The van der Waals surface area contributed by atoms with Crippen molar-refractivity contribution < 1.29 is 30.0 Å². The number of Topliss-reactive ketones (excluding diaryl/α,β-unsaturated/α-hetero) is 2. The molecule has 0 aromatic heterocycles. The fourth-order valence-corrected chi connectivity index (χ4v) is 0.938. The van der Waals surface area contributed by atoms with Crippen molar-refractivity contribution in [1.29, 1.82) is 0 Å². The standard InChI is InChI=1S/C8H15NO6/c1-3(11)6(13)5(9)8(15)7(14)4(12)2-10/h4-5,7-8,10,12,14-15H,2,9H2,1H3. The Morgan fingerprint density at radius 1 is 1.20 bits per heavy atom. The van der Waals surface area contributed by atoms with Gasteiger partial charge in [-0.3, -0.25) is 9.59 Å². The number of nitrogens with two attached hydrogens (primary N) is 1. The Balaban J connectivity index is 4.50. The van der Waals surface area contributed by atoms with E-state index in [1.54, 1.807) is 0 Å². The van der Waals surface area contributed by atoms with E-state index in [9.17, 15) is 19.8 Å². The first-order valence-electron chi connectivity index (χ1n) is 4.28. The highest BCUT2D eigenvalue weighted by Crippen LogP contribution is 2.04. The van der Waals surface area contributed by atoms with Crippen molar-refractivity contribution in [3.8, 4) is 0 Å². The Morgan fingerprint density at radius 3 is 2.00 bits per heavy atom. The van der Waals surface area contributed by atoms with Crippen LogP contribution in [-0.4, -0.2) is 63.0 Å². The topological polar surface area (TPSA) is 141 Å². The van der Waals surface area contributed by atoms with Gasteiger partial charge in [-0.1, -0.05) is 0 Å². The van der Waals surface area contributed by atoms with E-state index >= 15 is 0 Å².